The second kappa shape index (κ2) is 24.6. The number of benzene rings is 4. The van der Waals surface area contributed by atoms with Gasteiger partial charge in [0.05, 0.1) is 94.6 Å². The van der Waals surface area contributed by atoms with Crippen molar-refractivity contribution >= 4 is 69.0 Å². The zero-order valence-electron chi connectivity index (χ0n) is 43.6. The summed E-state index contributed by atoms with van der Waals surface area (Å²) < 4.78 is 80.5. The van der Waals surface area contributed by atoms with Crippen molar-refractivity contribution in [1.82, 2.24) is 0 Å². The summed E-state index contributed by atoms with van der Waals surface area (Å²) in [5.74, 6) is -5.58. The van der Waals surface area contributed by atoms with Crippen molar-refractivity contribution in [3.63, 3.8) is 0 Å². The summed E-state index contributed by atoms with van der Waals surface area (Å²) in [4.78, 5) is 75.0. The van der Waals surface area contributed by atoms with E-state index >= 15 is 0 Å². The molecular formula is C64H48F4N4O8. The Bertz CT molecular complexity index is 3820. The maximum Gasteiger partial charge on any atom is 0.315 e. The summed E-state index contributed by atoms with van der Waals surface area (Å²) in [6.07, 6.45) is 16.8. The Labute approximate surface area is 457 Å². The molecule has 5 heterocycles. The van der Waals surface area contributed by atoms with Gasteiger partial charge in [-0.15, -0.1) is 0 Å². The topological polar surface area (TPSA) is 155 Å². The van der Waals surface area contributed by atoms with E-state index in [9.17, 15) is 36.7 Å². The molecule has 0 fully saturated rings. The Morgan fingerprint density at radius 1 is 0.400 bits per heavy atom. The highest BCUT2D eigenvalue weighted by Gasteiger charge is 2.37. The molecule has 0 spiro atoms. The fourth-order valence-corrected chi connectivity index (χ4v) is 8.75. The molecule has 0 aromatic heterocycles. The van der Waals surface area contributed by atoms with E-state index in [0.717, 1.165) is 24.3 Å². The van der Waals surface area contributed by atoms with Gasteiger partial charge in [-0.2, -0.15) is 0 Å². The van der Waals surface area contributed by atoms with Crippen molar-refractivity contribution in [2.45, 2.75) is 53.4 Å². The van der Waals surface area contributed by atoms with Gasteiger partial charge < -0.3 is 18.9 Å². The van der Waals surface area contributed by atoms with Crippen LogP contribution in [0, 0.1) is 0 Å². The van der Waals surface area contributed by atoms with Crippen LogP contribution in [-0.2, 0) is 19.2 Å². The van der Waals surface area contributed by atoms with Crippen LogP contribution < -0.4 is 18.9 Å². The SMILES string of the molecule is CC(F)=CCC(=O)Oc1ccccc1C1=CC2=CC3=NC(=CC4=NC(=CC5=NC(=C(c6ccccc6OC(=O)CC=C(C)F)C1=N2)C(c1ccccc1OC(=O)CC=C(C)F)=C5c1ccccc1OC(=O)CC=C(C)F)C=C4)C=C3. The number of halogens is 4. The predicted octanol–water partition coefficient (Wildman–Crippen LogP) is 14.4. The first kappa shape index (κ1) is 54.8. The van der Waals surface area contributed by atoms with E-state index in [0.29, 0.717) is 39.7 Å². The molecule has 0 aliphatic carbocycles. The molecule has 8 bridgehead atoms. The fourth-order valence-electron chi connectivity index (χ4n) is 8.75. The average molecular weight is 1080 g/mol. The number of esters is 4. The zero-order chi connectivity index (χ0) is 56.5. The molecule has 400 valence electrons. The normalized spacial score (nSPS) is 16.1. The molecule has 0 amide bonds. The third-order valence-corrected chi connectivity index (χ3v) is 12.2. The molecule has 12 nitrogen and oxygen atoms in total. The maximum absolute atomic E-state index is 14.2. The van der Waals surface area contributed by atoms with Crippen LogP contribution in [0.25, 0.3) is 22.3 Å². The van der Waals surface area contributed by atoms with E-state index in [1.807, 2.05) is 6.08 Å². The van der Waals surface area contributed by atoms with Crippen LogP contribution in [0.5, 0.6) is 23.0 Å². The van der Waals surface area contributed by atoms with Gasteiger partial charge >= 0.3 is 23.9 Å². The fraction of sp³-hybridized carbons (Fsp3) is 0.125. The molecule has 0 N–H and O–H groups in total. The molecule has 0 unspecified atom stereocenters. The molecule has 4 aromatic rings. The van der Waals surface area contributed by atoms with Crippen molar-refractivity contribution in [1.29, 1.82) is 0 Å². The Kier molecular flexibility index (Phi) is 16.8. The Hall–Kier alpha value is -9.96. The minimum Gasteiger partial charge on any atom is -0.426 e. The summed E-state index contributed by atoms with van der Waals surface area (Å²) in [5, 5.41) is 0. The molecule has 5 aliphatic rings. The van der Waals surface area contributed by atoms with Gasteiger partial charge in [0.25, 0.3) is 0 Å². The van der Waals surface area contributed by atoms with E-state index in [2.05, 4.69) is 0 Å². The molecule has 9 rings (SSSR count). The minimum absolute atomic E-state index is 0.0130. The molecule has 0 saturated heterocycles. The number of hydrogen-bond acceptors (Lipinski definition) is 12. The smallest absolute Gasteiger partial charge is 0.315 e. The molecule has 80 heavy (non-hydrogen) atoms. The lowest BCUT2D eigenvalue weighted by Crippen LogP contribution is -2.13. The lowest BCUT2D eigenvalue weighted by molar-refractivity contribution is -0.134. The molecule has 4 aromatic carbocycles. The number of carbonyl (C=O) groups is 4. The standard InChI is InChI=1S/C64H48F4N4O8/c1-37(65)21-29-56(73)77-52-17-9-5-13-46(52)50-35-45-34-43-26-25-41(69-43)33-42-27-28-44(70-42)36-51-60(47-14-6-10-18-53(47)78-57(74)30-22-38(2)66)61(48-15-7-11-19-54(48)79-58(75)31-23-39(3)67)64(72-51)62(63(50)71-45)49-16-8-12-20-55(49)80-59(76)32-24-40(4)68/h5-28,33-36H,29-32H2,1-4H3. The van der Waals surface area contributed by atoms with Gasteiger partial charge in [-0.25, -0.2) is 37.5 Å². The second-order valence-electron chi connectivity index (χ2n) is 18.3. The van der Waals surface area contributed by atoms with Gasteiger partial charge in [0.1, 0.15) is 23.0 Å². The number of fused-ring (bicyclic) bond motifs is 4. The highest BCUT2D eigenvalue weighted by molar-refractivity contribution is 6.51. The van der Waals surface area contributed by atoms with Crippen molar-refractivity contribution in [3.05, 3.63) is 238 Å². The minimum atomic E-state index is -0.829. The van der Waals surface area contributed by atoms with E-state index in [1.54, 1.807) is 127 Å². The molecule has 5 aliphatic heterocycles. The van der Waals surface area contributed by atoms with Crippen molar-refractivity contribution < 1.29 is 55.7 Å². The second-order valence-corrected chi connectivity index (χ2v) is 18.3. The first-order chi connectivity index (χ1) is 38.6. The monoisotopic (exact) mass is 1080 g/mol. The van der Waals surface area contributed by atoms with Crippen LogP contribution in [0.3, 0.4) is 0 Å². The summed E-state index contributed by atoms with van der Waals surface area (Å²) in [5.41, 5.74) is 4.89. The van der Waals surface area contributed by atoms with Crippen molar-refractivity contribution in [2.75, 3.05) is 0 Å². The number of nitrogens with zero attached hydrogens (tertiary/aromatic N) is 4. The number of aliphatic imine (C=N–C) groups is 4. The highest BCUT2D eigenvalue weighted by atomic mass is 19.1. The van der Waals surface area contributed by atoms with E-state index < -0.39 is 72.9 Å². The largest absolute Gasteiger partial charge is 0.426 e. The zero-order valence-corrected chi connectivity index (χ0v) is 43.6. The maximum atomic E-state index is 14.2. The van der Waals surface area contributed by atoms with Crippen molar-refractivity contribution in [3.8, 4) is 23.0 Å². The van der Waals surface area contributed by atoms with Gasteiger partial charge in [0.2, 0.25) is 0 Å². The lowest BCUT2D eigenvalue weighted by Gasteiger charge is -2.21. The van der Waals surface area contributed by atoms with Crippen LogP contribution in [0.15, 0.2) is 236 Å². The number of rotatable bonds is 16. The average Bonchev–Trinajstić information content (AvgIpc) is 4.44. The Morgan fingerprint density at radius 2 is 0.762 bits per heavy atom. The highest BCUT2D eigenvalue weighted by Crippen LogP contribution is 2.51. The predicted molar refractivity (Wildman–Crippen MR) is 300 cm³/mol. The van der Waals surface area contributed by atoms with Gasteiger partial charge in [0, 0.05) is 44.5 Å². The van der Waals surface area contributed by atoms with Crippen LogP contribution in [0.2, 0.25) is 0 Å². The lowest BCUT2D eigenvalue weighted by atomic mass is 9.85. The van der Waals surface area contributed by atoms with Crippen LogP contribution in [0.1, 0.15) is 75.6 Å². The number of ether oxygens (including phenoxy) is 4. The van der Waals surface area contributed by atoms with Gasteiger partial charge in [-0.05, 0) is 125 Å². The molecule has 0 saturated carbocycles. The Morgan fingerprint density at radius 3 is 1.20 bits per heavy atom. The Balaban J connectivity index is 1.44. The van der Waals surface area contributed by atoms with Gasteiger partial charge in [0.15, 0.2) is 0 Å². The van der Waals surface area contributed by atoms with Crippen molar-refractivity contribution in [2.24, 2.45) is 20.0 Å². The number of hydrogen-bond donors (Lipinski definition) is 0. The summed E-state index contributed by atoms with van der Waals surface area (Å²) in [6.45, 7) is 4.80. The summed E-state index contributed by atoms with van der Waals surface area (Å²) in [7, 11) is 0. The van der Waals surface area contributed by atoms with E-state index in [1.165, 1.54) is 39.8 Å². The van der Waals surface area contributed by atoms with Gasteiger partial charge in [-0.1, -0.05) is 72.8 Å². The van der Waals surface area contributed by atoms with E-state index in [4.69, 9.17) is 38.9 Å². The molecule has 0 radical (unpaired) electrons. The quantitative estimate of drug-likeness (QED) is 0.0610. The summed E-state index contributed by atoms with van der Waals surface area (Å²) >= 11 is 0. The van der Waals surface area contributed by atoms with E-state index in [-0.39, 0.29) is 73.5 Å². The third kappa shape index (κ3) is 13.2. The van der Waals surface area contributed by atoms with Crippen LogP contribution >= 0.6 is 0 Å². The number of allylic oxidation sites excluding steroid dienone is 16. The number of para-hydroxylation sites is 4. The number of carbonyl (C=O) groups excluding carboxylic acids is 4. The molecule has 16 heteroatoms. The van der Waals surface area contributed by atoms with Crippen LogP contribution in [0.4, 0.5) is 17.6 Å². The summed E-state index contributed by atoms with van der Waals surface area (Å²) in [6, 6.07) is 26.3. The molecular weight excluding hydrogens is 1030 g/mol. The van der Waals surface area contributed by atoms with Crippen LogP contribution in [-0.4, -0.2) is 46.7 Å². The third-order valence-electron chi connectivity index (χ3n) is 12.2. The van der Waals surface area contributed by atoms with Gasteiger partial charge in [-0.3, -0.25) is 19.2 Å². The first-order valence-corrected chi connectivity index (χ1v) is 25.1. The molecule has 0 atom stereocenters. The first-order valence-electron chi connectivity index (χ1n) is 25.1.